The second-order valence-corrected chi connectivity index (χ2v) is 6.95. The van der Waals surface area contributed by atoms with Crippen molar-refractivity contribution in [1.82, 2.24) is 10.2 Å². The van der Waals surface area contributed by atoms with E-state index in [4.69, 9.17) is 21.1 Å². The predicted molar refractivity (Wildman–Crippen MR) is 113 cm³/mol. The molecule has 2 aromatic rings. The number of amides is 2. The molecule has 1 atom stereocenters. The van der Waals surface area contributed by atoms with E-state index in [1.165, 1.54) is 4.90 Å². The Morgan fingerprint density at radius 2 is 1.76 bits per heavy atom. The van der Waals surface area contributed by atoms with Crippen molar-refractivity contribution in [2.24, 2.45) is 0 Å². The van der Waals surface area contributed by atoms with Gasteiger partial charge in [0.25, 0.3) is 5.91 Å². The van der Waals surface area contributed by atoms with Crippen molar-refractivity contribution < 1.29 is 19.1 Å². The monoisotopic (exact) mass is 418 g/mol. The lowest BCUT2D eigenvalue weighted by molar-refractivity contribution is -0.142. The Balaban J connectivity index is 2.12. The molecule has 0 aliphatic carbocycles. The summed E-state index contributed by atoms with van der Waals surface area (Å²) in [6.45, 7) is 4.25. The molecule has 0 aliphatic heterocycles. The molecule has 0 heterocycles. The highest BCUT2D eigenvalue weighted by Crippen LogP contribution is 2.20. The van der Waals surface area contributed by atoms with E-state index in [0.29, 0.717) is 23.1 Å². The van der Waals surface area contributed by atoms with Gasteiger partial charge in [-0.3, -0.25) is 9.59 Å². The lowest BCUT2D eigenvalue weighted by Gasteiger charge is -2.29. The fourth-order valence-corrected chi connectivity index (χ4v) is 2.88. The summed E-state index contributed by atoms with van der Waals surface area (Å²) in [6, 6.07) is 13.6. The SMILES string of the molecule is CCCNC(=O)[C@H](C)N(Cc1ccccc1Cl)C(=O)COc1ccc(OC)cc1. The van der Waals surface area contributed by atoms with E-state index in [0.717, 1.165) is 12.0 Å². The zero-order valence-electron chi connectivity index (χ0n) is 17.0. The third kappa shape index (κ3) is 6.68. The highest BCUT2D eigenvalue weighted by molar-refractivity contribution is 6.31. The van der Waals surface area contributed by atoms with Crippen molar-refractivity contribution in [3.8, 4) is 11.5 Å². The minimum Gasteiger partial charge on any atom is -0.497 e. The molecule has 0 saturated heterocycles. The van der Waals surface area contributed by atoms with Crippen molar-refractivity contribution in [3.63, 3.8) is 0 Å². The van der Waals surface area contributed by atoms with Crippen LogP contribution in [0.15, 0.2) is 48.5 Å². The van der Waals surface area contributed by atoms with Crippen LogP contribution in [0.4, 0.5) is 0 Å². The second kappa shape index (κ2) is 11.3. The summed E-state index contributed by atoms with van der Waals surface area (Å²) in [6.07, 6.45) is 0.817. The van der Waals surface area contributed by atoms with Gasteiger partial charge in [0.05, 0.1) is 7.11 Å². The summed E-state index contributed by atoms with van der Waals surface area (Å²) in [5.41, 5.74) is 0.766. The normalized spacial score (nSPS) is 11.4. The van der Waals surface area contributed by atoms with Gasteiger partial charge in [-0.05, 0) is 49.2 Å². The number of carbonyl (C=O) groups is 2. The molecule has 0 fully saturated rings. The number of ether oxygens (including phenoxy) is 2. The van der Waals surface area contributed by atoms with Gasteiger partial charge in [-0.25, -0.2) is 0 Å². The first-order valence-electron chi connectivity index (χ1n) is 9.53. The van der Waals surface area contributed by atoms with Crippen LogP contribution in [0.5, 0.6) is 11.5 Å². The average molecular weight is 419 g/mol. The molecule has 2 amide bonds. The Labute approximate surface area is 176 Å². The third-order valence-corrected chi connectivity index (χ3v) is 4.81. The van der Waals surface area contributed by atoms with Gasteiger partial charge in [-0.2, -0.15) is 0 Å². The van der Waals surface area contributed by atoms with E-state index >= 15 is 0 Å². The van der Waals surface area contributed by atoms with Crippen LogP contribution in [-0.2, 0) is 16.1 Å². The summed E-state index contributed by atoms with van der Waals surface area (Å²) in [5.74, 6) is 0.724. The zero-order chi connectivity index (χ0) is 21.2. The summed E-state index contributed by atoms with van der Waals surface area (Å²) in [4.78, 5) is 26.9. The largest absolute Gasteiger partial charge is 0.497 e. The summed E-state index contributed by atoms with van der Waals surface area (Å²) in [5, 5.41) is 3.38. The molecule has 0 bridgehead atoms. The topological polar surface area (TPSA) is 67.9 Å². The smallest absolute Gasteiger partial charge is 0.261 e. The zero-order valence-corrected chi connectivity index (χ0v) is 17.7. The molecule has 0 aliphatic rings. The van der Waals surface area contributed by atoms with Crippen molar-refractivity contribution >= 4 is 23.4 Å². The van der Waals surface area contributed by atoms with Crippen LogP contribution in [0.2, 0.25) is 5.02 Å². The number of carbonyl (C=O) groups excluding carboxylic acids is 2. The van der Waals surface area contributed by atoms with Gasteiger partial charge in [0.15, 0.2) is 6.61 Å². The molecule has 156 valence electrons. The molecule has 6 nitrogen and oxygen atoms in total. The number of nitrogens with zero attached hydrogens (tertiary/aromatic N) is 1. The Hall–Kier alpha value is -2.73. The fourth-order valence-electron chi connectivity index (χ4n) is 2.69. The molecule has 2 rings (SSSR count). The van der Waals surface area contributed by atoms with E-state index in [-0.39, 0.29) is 25.0 Å². The average Bonchev–Trinajstić information content (AvgIpc) is 2.75. The minimum absolute atomic E-state index is 0.192. The summed E-state index contributed by atoms with van der Waals surface area (Å²) in [7, 11) is 1.58. The Bertz CT molecular complexity index is 811. The molecule has 0 aromatic heterocycles. The first kappa shape index (κ1) is 22.6. The predicted octanol–water partition coefficient (Wildman–Crippen LogP) is 3.67. The molecule has 7 heteroatoms. The van der Waals surface area contributed by atoms with Crippen LogP contribution in [-0.4, -0.2) is 43.0 Å². The van der Waals surface area contributed by atoms with Gasteiger partial charge in [-0.15, -0.1) is 0 Å². The van der Waals surface area contributed by atoms with Crippen molar-refractivity contribution in [1.29, 1.82) is 0 Å². The molecule has 0 spiro atoms. The third-order valence-electron chi connectivity index (χ3n) is 4.44. The quantitative estimate of drug-likeness (QED) is 0.639. The Kier molecular flexibility index (Phi) is 8.80. The fraction of sp³-hybridized carbons (Fsp3) is 0.364. The molecule has 2 aromatic carbocycles. The molecular formula is C22H27ClN2O4. The lowest BCUT2D eigenvalue weighted by Crippen LogP contribution is -2.49. The van der Waals surface area contributed by atoms with E-state index in [1.807, 2.05) is 25.1 Å². The highest BCUT2D eigenvalue weighted by atomic mass is 35.5. The van der Waals surface area contributed by atoms with Crippen LogP contribution in [0.1, 0.15) is 25.8 Å². The highest BCUT2D eigenvalue weighted by Gasteiger charge is 2.26. The maximum Gasteiger partial charge on any atom is 0.261 e. The van der Waals surface area contributed by atoms with E-state index in [1.54, 1.807) is 44.4 Å². The van der Waals surface area contributed by atoms with Gasteiger partial charge in [0, 0.05) is 18.1 Å². The number of hydrogen-bond donors (Lipinski definition) is 1. The number of nitrogens with one attached hydrogen (secondary N) is 1. The van der Waals surface area contributed by atoms with E-state index in [9.17, 15) is 9.59 Å². The number of hydrogen-bond acceptors (Lipinski definition) is 4. The van der Waals surface area contributed by atoms with Gasteiger partial charge < -0.3 is 19.7 Å². The van der Waals surface area contributed by atoms with Crippen LogP contribution in [0.3, 0.4) is 0 Å². The number of halogens is 1. The Morgan fingerprint density at radius 3 is 2.38 bits per heavy atom. The number of benzene rings is 2. The van der Waals surface area contributed by atoms with Gasteiger partial charge in [0.1, 0.15) is 17.5 Å². The number of rotatable bonds is 10. The molecular weight excluding hydrogens is 392 g/mol. The van der Waals surface area contributed by atoms with Crippen LogP contribution in [0, 0.1) is 0 Å². The van der Waals surface area contributed by atoms with E-state index < -0.39 is 6.04 Å². The van der Waals surface area contributed by atoms with Crippen molar-refractivity contribution in [2.45, 2.75) is 32.9 Å². The maximum absolute atomic E-state index is 12.9. The molecule has 0 radical (unpaired) electrons. The van der Waals surface area contributed by atoms with Gasteiger partial charge in [-0.1, -0.05) is 36.7 Å². The van der Waals surface area contributed by atoms with Crippen LogP contribution < -0.4 is 14.8 Å². The van der Waals surface area contributed by atoms with Crippen molar-refractivity contribution in [3.05, 3.63) is 59.1 Å². The molecule has 0 saturated carbocycles. The second-order valence-electron chi connectivity index (χ2n) is 6.54. The van der Waals surface area contributed by atoms with Gasteiger partial charge in [0.2, 0.25) is 5.91 Å². The Morgan fingerprint density at radius 1 is 1.10 bits per heavy atom. The molecule has 1 N–H and O–H groups in total. The number of methoxy groups -OCH3 is 1. The van der Waals surface area contributed by atoms with Crippen molar-refractivity contribution in [2.75, 3.05) is 20.3 Å². The van der Waals surface area contributed by atoms with Gasteiger partial charge >= 0.3 is 0 Å². The van der Waals surface area contributed by atoms with E-state index in [2.05, 4.69) is 5.32 Å². The van der Waals surface area contributed by atoms with Crippen LogP contribution in [0.25, 0.3) is 0 Å². The maximum atomic E-state index is 12.9. The minimum atomic E-state index is -0.662. The molecule has 29 heavy (non-hydrogen) atoms. The standard InChI is InChI=1S/C22H27ClN2O4/c1-4-13-24-22(27)16(2)25(14-17-7-5-6-8-20(17)23)21(26)15-29-19-11-9-18(28-3)10-12-19/h5-12,16H,4,13-15H2,1-3H3,(H,24,27)/t16-/m0/s1. The van der Waals surface area contributed by atoms with Crippen LogP contribution >= 0.6 is 11.6 Å². The summed E-state index contributed by atoms with van der Waals surface area (Å²) < 4.78 is 10.7. The summed E-state index contributed by atoms with van der Waals surface area (Å²) >= 11 is 6.26. The first-order valence-corrected chi connectivity index (χ1v) is 9.91. The lowest BCUT2D eigenvalue weighted by atomic mass is 10.1. The molecule has 0 unspecified atom stereocenters. The first-order chi connectivity index (χ1) is 14.0.